The number of aryl methyl sites for hydroxylation is 1. The van der Waals surface area contributed by atoms with Crippen molar-refractivity contribution in [1.29, 1.82) is 0 Å². The Labute approximate surface area is 69.7 Å². The fourth-order valence-electron chi connectivity index (χ4n) is 1.31. The van der Waals surface area contributed by atoms with Crippen LogP contribution in [-0.2, 0) is 0 Å². The van der Waals surface area contributed by atoms with E-state index in [9.17, 15) is 4.79 Å². The highest BCUT2D eigenvalue weighted by Gasteiger charge is 2.33. The van der Waals surface area contributed by atoms with Crippen molar-refractivity contribution in [3.8, 4) is 0 Å². The van der Waals surface area contributed by atoms with E-state index in [1.54, 1.807) is 6.92 Å². The van der Waals surface area contributed by atoms with Crippen LogP contribution in [0.1, 0.15) is 40.6 Å². The van der Waals surface area contributed by atoms with Crippen LogP contribution in [0.2, 0.25) is 0 Å². The molecule has 0 atom stereocenters. The number of hydrogen-bond acceptors (Lipinski definition) is 3. The predicted molar refractivity (Wildman–Crippen MR) is 41.7 cm³/mol. The van der Waals surface area contributed by atoms with E-state index < -0.39 is 5.91 Å². The number of amides is 1. The Morgan fingerprint density at radius 1 is 1.67 bits per heavy atom. The normalized spacial score (nSPS) is 16.4. The van der Waals surface area contributed by atoms with E-state index in [4.69, 9.17) is 10.3 Å². The minimum atomic E-state index is -0.435. The lowest BCUT2D eigenvalue weighted by molar-refractivity contribution is 0.0998. The lowest BCUT2D eigenvalue weighted by Gasteiger charge is -1.93. The maximum Gasteiger partial charge on any atom is 0.254 e. The summed E-state index contributed by atoms with van der Waals surface area (Å²) in [4.78, 5) is 11.0. The second-order valence-electron chi connectivity index (χ2n) is 3.15. The molecule has 64 valence electrons. The summed E-state index contributed by atoms with van der Waals surface area (Å²) >= 11 is 0. The molecule has 1 amide bonds. The zero-order valence-corrected chi connectivity index (χ0v) is 6.83. The van der Waals surface area contributed by atoms with Gasteiger partial charge in [0.2, 0.25) is 0 Å². The van der Waals surface area contributed by atoms with Gasteiger partial charge in [0.25, 0.3) is 5.91 Å². The summed E-state index contributed by atoms with van der Waals surface area (Å²) in [7, 11) is 0. The van der Waals surface area contributed by atoms with Gasteiger partial charge < -0.3 is 10.3 Å². The van der Waals surface area contributed by atoms with E-state index in [1.807, 2.05) is 0 Å². The van der Waals surface area contributed by atoms with Crippen LogP contribution < -0.4 is 5.73 Å². The van der Waals surface area contributed by atoms with Crippen molar-refractivity contribution in [1.82, 2.24) is 5.16 Å². The Balaban J connectivity index is 2.46. The zero-order valence-electron chi connectivity index (χ0n) is 6.83. The van der Waals surface area contributed by atoms with Gasteiger partial charge in [0.15, 0.2) is 5.76 Å². The van der Waals surface area contributed by atoms with E-state index in [1.165, 1.54) is 0 Å². The standard InChI is InChI=1S/C8H10N2O2/c1-4-6(8(9)11)7(12-10-4)5-2-3-5/h5H,2-3H2,1H3,(H2,9,11). The second-order valence-corrected chi connectivity index (χ2v) is 3.15. The molecule has 0 spiro atoms. The Morgan fingerprint density at radius 2 is 2.33 bits per heavy atom. The number of carbonyl (C=O) groups is 1. The predicted octanol–water partition coefficient (Wildman–Crippen LogP) is 0.959. The Hall–Kier alpha value is -1.32. The van der Waals surface area contributed by atoms with E-state index in [-0.39, 0.29) is 0 Å². The molecule has 1 saturated carbocycles. The molecule has 0 unspecified atom stereocenters. The summed E-state index contributed by atoms with van der Waals surface area (Å²) in [5.74, 6) is 0.629. The largest absolute Gasteiger partial charge is 0.365 e. The van der Waals surface area contributed by atoms with Crippen molar-refractivity contribution < 1.29 is 9.32 Å². The summed E-state index contributed by atoms with van der Waals surface area (Å²) in [5.41, 5.74) is 6.27. The molecule has 2 rings (SSSR count). The van der Waals surface area contributed by atoms with E-state index in [0.29, 0.717) is 22.9 Å². The highest BCUT2D eigenvalue weighted by molar-refractivity contribution is 5.95. The van der Waals surface area contributed by atoms with Gasteiger partial charge in [0.1, 0.15) is 5.56 Å². The molecule has 1 aromatic rings. The second kappa shape index (κ2) is 2.33. The van der Waals surface area contributed by atoms with Crippen LogP contribution in [0.25, 0.3) is 0 Å². The molecular formula is C8H10N2O2. The van der Waals surface area contributed by atoms with E-state index in [0.717, 1.165) is 12.8 Å². The third-order valence-corrected chi connectivity index (χ3v) is 2.08. The first kappa shape index (κ1) is 7.34. The summed E-state index contributed by atoms with van der Waals surface area (Å²) in [6, 6.07) is 0. The molecule has 1 fully saturated rings. The van der Waals surface area contributed by atoms with Gasteiger partial charge in [-0.2, -0.15) is 0 Å². The summed E-state index contributed by atoms with van der Waals surface area (Å²) in [6.07, 6.45) is 2.16. The fourth-order valence-corrected chi connectivity index (χ4v) is 1.31. The van der Waals surface area contributed by atoms with Crippen molar-refractivity contribution >= 4 is 5.91 Å². The van der Waals surface area contributed by atoms with Crippen molar-refractivity contribution in [2.24, 2.45) is 5.73 Å². The highest BCUT2D eigenvalue weighted by Crippen LogP contribution is 2.42. The molecule has 4 nitrogen and oxygen atoms in total. The summed E-state index contributed by atoms with van der Waals surface area (Å²) in [5, 5.41) is 3.72. The number of nitrogens with zero attached hydrogens (tertiary/aromatic N) is 1. The average Bonchev–Trinajstić information content (AvgIpc) is 2.75. The Kier molecular flexibility index (Phi) is 1.43. The number of rotatable bonds is 2. The van der Waals surface area contributed by atoms with Gasteiger partial charge in [-0.3, -0.25) is 4.79 Å². The Morgan fingerprint density at radius 3 is 2.83 bits per heavy atom. The smallest absolute Gasteiger partial charge is 0.254 e. The zero-order chi connectivity index (χ0) is 8.72. The van der Waals surface area contributed by atoms with Crippen LogP contribution >= 0.6 is 0 Å². The van der Waals surface area contributed by atoms with Crippen LogP contribution in [0.5, 0.6) is 0 Å². The average molecular weight is 166 g/mol. The van der Waals surface area contributed by atoms with Gasteiger partial charge in [-0.1, -0.05) is 5.16 Å². The van der Waals surface area contributed by atoms with E-state index in [2.05, 4.69) is 5.16 Å². The third-order valence-electron chi connectivity index (χ3n) is 2.08. The van der Waals surface area contributed by atoms with Crippen LogP contribution in [0.3, 0.4) is 0 Å². The molecule has 0 bridgehead atoms. The minimum Gasteiger partial charge on any atom is -0.365 e. The van der Waals surface area contributed by atoms with Crippen LogP contribution in [0, 0.1) is 6.92 Å². The number of carbonyl (C=O) groups excluding carboxylic acids is 1. The molecular weight excluding hydrogens is 156 g/mol. The van der Waals surface area contributed by atoms with Gasteiger partial charge in [0.05, 0.1) is 5.69 Å². The van der Waals surface area contributed by atoms with Gasteiger partial charge in [-0.05, 0) is 19.8 Å². The van der Waals surface area contributed by atoms with Crippen molar-refractivity contribution in [2.45, 2.75) is 25.7 Å². The van der Waals surface area contributed by atoms with Crippen LogP contribution in [0.4, 0.5) is 0 Å². The maximum atomic E-state index is 11.0. The third kappa shape index (κ3) is 0.995. The molecule has 0 aliphatic heterocycles. The highest BCUT2D eigenvalue weighted by atomic mass is 16.5. The number of aromatic nitrogens is 1. The number of nitrogens with two attached hydrogens (primary N) is 1. The molecule has 2 N–H and O–H groups in total. The quantitative estimate of drug-likeness (QED) is 0.711. The molecule has 1 aliphatic rings. The van der Waals surface area contributed by atoms with Crippen molar-refractivity contribution in [2.75, 3.05) is 0 Å². The van der Waals surface area contributed by atoms with Gasteiger partial charge in [-0.25, -0.2) is 0 Å². The molecule has 4 heteroatoms. The number of hydrogen-bond donors (Lipinski definition) is 1. The van der Waals surface area contributed by atoms with Gasteiger partial charge >= 0.3 is 0 Å². The van der Waals surface area contributed by atoms with Crippen LogP contribution in [0.15, 0.2) is 4.52 Å². The molecule has 1 aromatic heterocycles. The summed E-state index contributed by atoms with van der Waals surface area (Å²) in [6.45, 7) is 1.73. The molecule has 0 aromatic carbocycles. The molecule has 1 heterocycles. The molecule has 0 saturated heterocycles. The van der Waals surface area contributed by atoms with Gasteiger partial charge in [-0.15, -0.1) is 0 Å². The topological polar surface area (TPSA) is 69.1 Å². The monoisotopic (exact) mass is 166 g/mol. The summed E-state index contributed by atoms with van der Waals surface area (Å²) < 4.78 is 5.03. The molecule has 1 aliphatic carbocycles. The lowest BCUT2D eigenvalue weighted by atomic mass is 10.1. The first-order valence-electron chi connectivity index (χ1n) is 3.96. The lowest BCUT2D eigenvalue weighted by Crippen LogP contribution is -2.13. The maximum absolute atomic E-state index is 11.0. The van der Waals surface area contributed by atoms with Crippen LogP contribution in [-0.4, -0.2) is 11.1 Å². The SMILES string of the molecule is Cc1noc(C2CC2)c1C(N)=O. The number of primary amides is 1. The van der Waals surface area contributed by atoms with Gasteiger partial charge in [0, 0.05) is 5.92 Å². The van der Waals surface area contributed by atoms with E-state index >= 15 is 0 Å². The first-order chi connectivity index (χ1) is 5.70. The molecule has 0 radical (unpaired) electrons. The first-order valence-corrected chi connectivity index (χ1v) is 3.96. The fraction of sp³-hybridized carbons (Fsp3) is 0.500. The minimum absolute atomic E-state index is 0.383. The Bertz CT molecular complexity index is 326. The molecule has 12 heavy (non-hydrogen) atoms. The van der Waals surface area contributed by atoms with Crippen molar-refractivity contribution in [3.05, 3.63) is 17.0 Å². The van der Waals surface area contributed by atoms with Crippen molar-refractivity contribution in [3.63, 3.8) is 0 Å².